The Morgan fingerprint density at radius 3 is 2.78 bits per heavy atom. The standard InChI is InChI=1S/C6H6BrN2/c7-5-3-8-9-6(5)4-1-2-4/h3-4H,1-2H2. The highest BCUT2D eigenvalue weighted by Gasteiger charge is 2.31. The lowest BCUT2D eigenvalue weighted by molar-refractivity contribution is 0.958. The van der Waals surface area contributed by atoms with E-state index < -0.39 is 0 Å². The molecule has 47 valence electrons. The molecular weight excluding hydrogens is 180 g/mol. The summed E-state index contributed by atoms with van der Waals surface area (Å²) < 4.78 is 1.07. The number of hydrogen-bond donors (Lipinski definition) is 0. The van der Waals surface area contributed by atoms with Gasteiger partial charge >= 0.3 is 0 Å². The summed E-state index contributed by atoms with van der Waals surface area (Å²) in [6, 6.07) is 0. The van der Waals surface area contributed by atoms with Crippen LogP contribution in [-0.2, 0) is 0 Å². The molecule has 0 atom stereocenters. The Balaban J connectivity index is 2.18. The average molecular weight is 186 g/mol. The highest BCUT2D eigenvalue weighted by Crippen LogP contribution is 2.35. The first-order chi connectivity index (χ1) is 4.38. The fourth-order valence-electron chi connectivity index (χ4n) is 0.889. The van der Waals surface area contributed by atoms with Crippen molar-refractivity contribution in [3.63, 3.8) is 0 Å². The van der Waals surface area contributed by atoms with Gasteiger partial charge in [0, 0.05) is 5.92 Å². The van der Waals surface area contributed by atoms with E-state index in [4.69, 9.17) is 0 Å². The molecule has 0 aromatic heterocycles. The Morgan fingerprint density at radius 1 is 1.56 bits per heavy atom. The van der Waals surface area contributed by atoms with Crippen LogP contribution < -0.4 is 5.43 Å². The van der Waals surface area contributed by atoms with Crippen molar-refractivity contribution >= 4 is 21.6 Å². The number of halogens is 1. The summed E-state index contributed by atoms with van der Waals surface area (Å²) in [5, 5.41) is 3.98. The number of hydrogen-bond acceptors (Lipinski definition) is 1. The van der Waals surface area contributed by atoms with Gasteiger partial charge in [-0.15, -0.1) is 0 Å². The van der Waals surface area contributed by atoms with E-state index in [-0.39, 0.29) is 0 Å². The van der Waals surface area contributed by atoms with Gasteiger partial charge in [0.15, 0.2) is 0 Å². The van der Waals surface area contributed by atoms with Gasteiger partial charge in [-0.1, -0.05) is 0 Å². The summed E-state index contributed by atoms with van der Waals surface area (Å²) in [6.45, 7) is 0. The van der Waals surface area contributed by atoms with Crippen LogP contribution in [-0.4, -0.2) is 5.71 Å². The van der Waals surface area contributed by atoms with Crippen LogP contribution in [0.4, 0.5) is 0 Å². The minimum absolute atomic E-state index is 0.710. The fourth-order valence-corrected chi connectivity index (χ4v) is 1.38. The normalized spacial score (nSPS) is 25.0. The molecule has 2 aliphatic rings. The molecule has 1 aliphatic heterocycles. The first kappa shape index (κ1) is 5.47. The monoisotopic (exact) mass is 185 g/mol. The van der Waals surface area contributed by atoms with Crippen LogP contribution in [0.15, 0.2) is 15.8 Å². The summed E-state index contributed by atoms with van der Waals surface area (Å²) >= 11 is 3.38. The molecule has 0 aromatic rings. The average Bonchev–Trinajstić information content (AvgIpc) is 2.58. The predicted octanol–water partition coefficient (Wildman–Crippen LogP) is 1.61. The van der Waals surface area contributed by atoms with Crippen molar-refractivity contribution in [2.45, 2.75) is 12.8 Å². The summed E-state index contributed by atoms with van der Waals surface area (Å²) in [4.78, 5) is 0. The van der Waals surface area contributed by atoms with Gasteiger partial charge in [0.2, 0.25) is 0 Å². The molecule has 0 N–H and O–H groups in total. The van der Waals surface area contributed by atoms with Gasteiger partial charge < -0.3 is 0 Å². The zero-order valence-electron chi connectivity index (χ0n) is 4.84. The smallest absolute Gasteiger partial charge is 0.0819 e. The van der Waals surface area contributed by atoms with E-state index in [1.807, 2.05) is 0 Å². The van der Waals surface area contributed by atoms with Gasteiger partial charge in [-0.3, -0.25) is 0 Å². The van der Waals surface area contributed by atoms with Crippen LogP contribution >= 0.6 is 15.9 Å². The molecule has 0 amide bonds. The Hall–Kier alpha value is -0.310. The van der Waals surface area contributed by atoms with E-state index in [2.05, 4.69) is 26.5 Å². The first-order valence-electron chi connectivity index (χ1n) is 3.01. The molecule has 0 spiro atoms. The van der Waals surface area contributed by atoms with Gasteiger partial charge in [0.1, 0.15) is 0 Å². The van der Waals surface area contributed by atoms with Crippen LogP contribution in [0.1, 0.15) is 12.8 Å². The first-order valence-corrected chi connectivity index (χ1v) is 3.81. The van der Waals surface area contributed by atoms with Gasteiger partial charge in [-0.2, -0.15) is 10.5 Å². The van der Waals surface area contributed by atoms with Crippen molar-refractivity contribution in [2.24, 2.45) is 11.0 Å². The molecule has 2 nitrogen and oxygen atoms in total. The van der Waals surface area contributed by atoms with E-state index in [1.165, 1.54) is 12.8 Å². The minimum atomic E-state index is 0.710. The van der Waals surface area contributed by atoms with Crippen molar-refractivity contribution < 1.29 is 0 Å². The zero-order chi connectivity index (χ0) is 6.27. The minimum Gasteiger partial charge on any atom is -0.158 e. The van der Waals surface area contributed by atoms with E-state index in [1.54, 1.807) is 6.20 Å². The lowest BCUT2D eigenvalue weighted by Gasteiger charge is -1.90. The molecule has 1 radical (unpaired) electrons. The third-order valence-electron chi connectivity index (χ3n) is 1.55. The third kappa shape index (κ3) is 0.894. The van der Waals surface area contributed by atoms with Crippen molar-refractivity contribution in [1.29, 1.82) is 0 Å². The van der Waals surface area contributed by atoms with Crippen molar-refractivity contribution in [1.82, 2.24) is 5.43 Å². The highest BCUT2D eigenvalue weighted by atomic mass is 79.9. The van der Waals surface area contributed by atoms with E-state index in [0.717, 1.165) is 10.2 Å². The lowest BCUT2D eigenvalue weighted by atomic mass is 10.2. The molecule has 1 saturated carbocycles. The molecule has 3 heteroatoms. The fraction of sp³-hybridized carbons (Fsp3) is 0.500. The Morgan fingerprint density at radius 2 is 2.33 bits per heavy atom. The maximum absolute atomic E-state index is 3.98. The van der Waals surface area contributed by atoms with E-state index in [0.29, 0.717) is 5.92 Å². The molecule has 2 rings (SSSR count). The number of rotatable bonds is 1. The molecule has 9 heavy (non-hydrogen) atoms. The van der Waals surface area contributed by atoms with Crippen molar-refractivity contribution in [3.8, 4) is 0 Å². The van der Waals surface area contributed by atoms with Crippen LogP contribution in [0.5, 0.6) is 0 Å². The molecule has 0 unspecified atom stereocenters. The second-order valence-corrected chi connectivity index (χ2v) is 3.21. The molecule has 0 bridgehead atoms. The summed E-state index contributed by atoms with van der Waals surface area (Å²) in [5.74, 6) is 0.710. The van der Waals surface area contributed by atoms with Crippen LogP contribution in [0.2, 0.25) is 0 Å². The van der Waals surface area contributed by atoms with Gasteiger partial charge in [0.25, 0.3) is 0 Å². The molecule has 1 fully saturated rings. The number of nitrogens with zero attached hydrogens (tertiary/aromatic N) is 2. The molecule has 1 aliphatic carbocycles. The molecule has 1 heterocycles. The van der Waals surface area contributed by atoms with Crippen LogP contribution in [0, 0.1) is 5.92 Å². The van der Waals surface area contributed by atoms with E-state index in [9.17, 15) is 0 Å². The van der Waals surface area contributed by atoms with Crippen molar-refractivity contribution in [2.75, 3.05) is 0 Å². The van der Waals surface area contributed by atoms with Crippen molar-refractivity contribution in [3.05, 3.63) is 10.7 Å². The Labute approximate surface area is 62.1 Å². The highest BCUT2D eigenvalue weighted by molar-refractivity contribution is 9.12. The maximum Gasteiger partial charge on any atom is 0.0819 e. The second-order valence-electron chi connectivity index (χ2n) is 2.35. The van der Waals surface area contributed by atoms with Gasteiger partial charge in [0.05, 0.1) is 16.4 Å². The topological polar surface area (TPSA) is 26.5 Å². The molecule has 0 aromatic carbocycles. The summed E-state index contributed by atoms with van der Waals surface area (Å²) in [6.07, 6.45) is 4.34. The maximum atomic E-state index is 3.98. The second kappa shape index (κ2) is 1.84. The Kier molecular flexibility index (Phi) is 1.12. The van der Waals surface area contributed by atoms with Gasteiger partial charge in [-0.25, -0.2) is 0 Å². The third-order valence-corrected chi connectivity index (χ3v) is 2.16. The largest absolute Gasteiger partial charge is 0.158 e. The van der Waals surface area contributed by atoms with Crippen LogP contribution in [0.3, 0.4) is 0 Å². The predicted molar refractivity (Wildman–Crippen MR) is 39.3 cm³/mol. The van der Waals surface area contributed by atoms with Gasteiger partial charge in [-0.05, 0) is 28.8 Å². The lowest BCUT2D eigenvalue weighted by Crippen LogP contribution is -1.96. The molecular formula is C6H6BrN2. The number of allylic oxidation sites excluding steroid dienone is 1. The van der Waals surface area contributed by atoms with Crippen LogP contribution in [0.25, 0.3) is 0 Å². The molecule has 0 saturated heterocycles. The Bertz CT molecular complexity index is 191. The zero-order valence-corrected chi connectivity index (χ0v) is 6.43. The summed E-state index contributed by atoms with van der Waals surface area (Å²) in [5.41, 5.74) is 4.93. The summed E-state index contributed by atoms with van der Waals surface area (Å²) in [7, 11) is 0. The van der Waals surface area contributed by atoms with E-state index >= 15 is 0 Å². The SMILES string of the molecule is BrC1=C[N]N=C1C1CC1. The quantitative estimate of drug-likeness (QED) is 0.594.